The summed E-state index contributed by atoms with van der Waals surface area (Å²) in [7, 11) is 0. The molecule has 0 aromatic heterocycles. The maximum atomic E-state index is 11.4. The molecule has 3 nitrogen and oxygen atoms in total. The quantitative estimate of drug-likeness (QED) is 0.587. The molecule has 0 bridgehead atoms. The second-order valence-electron chi connectivity index (χ2n) is 3.71. The molecule has 0 aliphatic rings. The lowest BCUT2D eigenvalue weighted by atomic mass is 10.1. The predicted molar refractivity (Wildman–Crippen MR) is 60.0 cm³/mol. The molecule has 0 spiro atoms. The van der Waals surface area contributed by atoms with Crippen molar-refractivity contribution >= 4 is 5.91 Å². The first-order valence-electron chi connectivity index (χ1n) is 5.74. The maximum absolute atomic E-state index is 11.4. The third-order valence-corrected chi connectivity index (χ3v) is 2.35. The molecular formula is C11H24N2O. The Kier molecular flexibility index (Phi) is 8.64. The number of hydrogen-bond donors (Lipinski definition) is 2. The zero-order chi connectivity index (χ0) is 10.8. The number of hydrogen-bond acceptors (Lipinski definition) is 2. The minimum Gasteiger partial charge on any atom is -0.353 e. The zero-order valence-electron chi connectivity index (χ0n) is 9.51. The Morgan fingerprint density at radius 3 is 2.57 bits per heavy atom. The molecule has 0 aliphatic heterocycles. The lowest BCUT2D eigenvalue weighted by Crippen LogP contribution is -2.34. The maximum Gasteiger partial charge on any atom is 0.220 e. The summed E-state index contributed by atoms with van der Waals surface area (Å²) >= 11 is 0. The number of nitrogens with one attached hydrogen (secondary N) is 1. The van der Waals surface area contributed by atoms with Crippen molar-refractivity contribution in [2.75, 3.05) is 6.54 Å². The van der Waals surface area contributed by atoms with Crippen LogP contribution >= 0.6 is 0 Å². The molecule has 0 fully saturated rings. The number of carbonyl (C=O) groups excluding carboxylic acids is 1. The minimum absolute atomic E-state index is 0.179. The molecule has 0 aliphatic carbocycles. The van der Waals surface area contributed by atoms with Gasteiger partial charge in [-0.3, -0.25) is 4.79 Å². The first-order chi connectivity index (χ1) is 6.74. The van der Waals surface area contributed by atoms with Gasteiger partial charge in [0.25, 0.3) is 0 Å². The van der Waals surface area contributed by atoms with Gasteiger partial charge in [-0.1, -0.05) is 20.3 Å². The van der Waals surface area contributed by atoms with E-state index in [9.17, 15) is 4.79 Å². The van der Waals surface area contributed by atoms with Crippen LogP contribution in [0.15, 0.2) is 0 Å². The summed E-state index contributed by atoms with van der Waals surface area (Å²) in [5.41, 5.74) is 5.36. The molecule has 0 heterocycles. The zero-order valence-corrected chi connectivity index (χ0v) is 9.51. The highest BCUT2D eigenvalue weighted by atomic mass is 16.1. The molecule has 0 aromatic carbocycles. The van der Waals surface area contributed by atoms with Gasteiger partial charge < -0.3 is 11.1 Å². The summed E-state index contributed by atoms with van der Waals surface area (Å²) in [6, 6.07) is 0.366. The standard InChI is InChI=1S/C11H24N2O/c1-3-7-10(4-2)13-11(14)8-5-6-9-12/h10H,3-9,12H2,1-2H3,(H,13,14). The summed E-state index contributed by atoms with van der Waals surface area (Å²) in [6.07, 6.45) is 5.71. The molecule has 0 aromatic rings. The fourth-order valence-electron chi connectivity index (χ4n) is 1.46. The predicted octanol–water partition coefficient (Wildman–Crippen LogP) is 1.81. The normalized spacial score (nSPS) is 12.5. The summed E-state index contributed by atoms with van der Waals surface area (Å²) in [6.45, 7) is 4.93. The first kappa shape index (κ1) is 13.4. The molecule has 1 amide bonds. The minimum atomic E-state index is 0.179. The summed E-state index contributed by atoms with van der Waals surface area (Å²) in [5, 5.41) is 3.05. The van der Waals surface area contributed by atoms with E-state index in [0.717, 1.165) is 32.1 Å². The van der Waals surface area contributed by atoms with Crippen LogP contribution in [0.1, 0.15) is 52.4 Å². The van der Waals surface area contributed by atoms with E-state index in [4.69, 9.17) is 5.73 Å². The van der Waals surface area contributed by atoms with Gasteiger partial charge in [0.1, 0.15) is 0 Å². The van der Waals surface area contributed by atoms with Crippen molar-refractivity contribution in [2.24, 2.45) is 5.73 Å². The van der Waals surface area contributed by atoms with Gasteiger partial charge >= 0.3 is 0 Å². The van der Waals surface area contributed by atoms with E-state index in [1.807, 2.05) is 0 Å². The van der Waals surface area contributed by atoms with Gasteiger partial charge in [0.2, 0.25) is 5.91 Å². The molecule has 3 N–H and O–H groups in total. The van der Waals surface area contributed by atoms with Crippen LogP contribution in [0.4, 0.5) is 0 Å². The van der Waals surface area contributed by atoms with Crippen LogP contribution in [0.2, 0.25) is 0 Å². The Morgan fingerprint density at radius 2 is 2.07 bits per heavy atom. The van der Waals surface area contributed by atoms with Gasteiger partial charge in [0.15, 0.2) is 0 Å². The third-order valence-electron chi connectivity index (χ3n) is 2.35. The Labute approximate surface area is 87.4 Å². The highest BCUT2D eigenvalue weighted by Crippen LogP contribution is 2.02. The SMILES string of the molecule is CCCC(CC)NC(=O)CCCCN. The number of carbonyl (C=O) groups is 1. The first-order valence-corrected chi connectivity index (χ1v) is 5.74. The van der Waals surface area contributed by atoms with Gasteiger partial charge in [0.05, 0.1) is 0 Å². The fourth-order valence-corrected chi connectivity index (χ4v) is 1.46. The molecule has 84 valence electrons. The Hall–Kier alpha value is -0.570. The number of rotatable bonds is 8. The lowest BCUT2D eigenvalue weighted by Gasteiger charge is -2.15. The van der Waals surface area contributed by atoms with E-state index in [0.29, 0.717) is 19.0 Å². The molecule has 1 unspecified atom stereocenters. The smallest absolute Gasteiger partial charge is 0.220 e. The highest BCUT2D eigenvalue weighted by molar-refractivity contribution is 5.76. The fraction of sp³-hybridized carbons (Fsp3) is 0.909. The molecule has 0 radical (unpaired) electrons. The molecule has 14 heavy (non-hydrogen) atoms. The molecule has 0 rings (SSSR count). The van der Waals surface area contributed by atoms with Crippen LogP contribution in [-0.2, 0) is 4.79 Å². The molecule has 0 saturated carbocycles. The summed E-state index contributed by atoms with van der Waals surface area (Å²) in [5.74, 6) is 0.179. The van der Waals surface area contributed by atoms with E-state index in [2.05, 4.69) is 19.2 Å². The van der Waals surface area contributed by atoms with Crippen molar-refractivity contribution in [3.8, 4) is 0 Å². The molecule has 1 atom stereocenters. The lowest BCUT2D eigenvalue weighted by molar-refractivity contribution is -0.122. The van der Waals surface area contributed by atoms with Crippen LogP contribution in [0.5, 0.6) is 0 Å². The van der Waals surface area contributed by atoms with E-state index < -0.39 is 0 Å². The van der Waals surface area contributed by atoms with Gasteiger partial charge in [-0.05, 0) is 32.2 Å². The van der Waals surface area contributed by atoms with E-state index >= 15 is 0 Å². The second-order valence-corrected chi connectivity index (χ2v) is 3.71. The average Bonchev–Trinajstić information content (AvgIpc) is 2.17. The van der Waals surface area contributed by atoms with Crippen molar-refractivity contribution in [1.82, 2.24) is 5.32 Å². The third kappa shape index (κ3) is 6.89. The highest BCUT2D eigenvalue weighted by Gasteiger charge is 2.08. The number of unbranched alkanes of at least 4 members (excludes halogenated alkanes) is 1. The van der Waals surface area contributed by atoms with Crippen LogP contribution < -0.4 is 11.1 Å². The molecular weight excluding hydrogens is 176 g/mol. The van der Waals surface area contributed by atoms with Crippen molar-refractivity contribution in [1.29, 1.82) is 0 Å². The van der Waals surface area contributed by atoms with Gasteiger partial charge in [-0.25, -0.2) is 0 Å². The van der Waals surface area contributed by atoms with E-state index in [1.54, 1.807) is 0 Å². The molecule has 0 saturated heterocycles. The topological polar surface area (TPSA) is 55.1 Å². The monoisotopic (exact) mass is 200 g/mol. The van der Waals surface area contributed by atoms with Crippen LogP contribution in [0.3, 0.4) is 0 Å². The van der Waals surface area contributed by atoms with Crippen LogP contribution in [-0.4, -0.2) is 18.5 Å². The Bertz CT molecular complexity index is 148. The second kappa shape index (κ2) is 9.00. The number of nitrogens with two attached hydrogens (primary N) is 1. The van der Waals surface area contributed by atoms with Crippen molar-refractivity contribution in [3.05, 3.63) is 0 Å². The average molecular weight is 200 g/mol. The van der Waals surface area contributed by atoms with Gasteiger partial charge in [-0.15, -0.1) is 0 Å². The summed E-state index contributed by atoms with van der Waals surface area (Å²) < 4.78 is 0. The van der Waals surface area contributed by atoms with Crippen molar-refractivity contribution in [3.63, 3.8) is 0 Å². The van der Waals surface area contributed by atoms with Crippen LogP contribution in [0, 0.1) is 0 Å². The number of amides is 1. The molecule has 3 heteroatoms. The van der Waals surface area contributed by atoms with Gasteiger partial charge in [-0.2, -0.15) is 0 Å². The van der Waals surface area contributed by atoms with E-state index in [-0.39, 0.29) is 5.91 Å². The summed E-state index contributed by atoms with van der Waals surface area (Å²) in [4.78, 5) is 11.4. The van der Waals surface area contributed by atoms with Gasteiger partial charge in [0, 0.05) is 12.5 Å². The largest absolute Gasteiger partial charge is 0.353 e. The Balaban J connectivity index is 3.56. The Morgan fingerprint density at radius 1 is 1.36 bits per heavy atom. The van der Waals surface area contributed by atoms with Crippen molar-refractivity contribution < 1.29 is 4.79 Å². The van der Waals surface area contributed by atoms with Crippen LogP contribution in [0.25, 0.3) is 0 Å². The van der Waals surface area contributed by atoms with Crippen molar-refractivity contribution in [2.45, 2.75) is 58.4 Å². The van der Waals surface area contributed by atoms with E-state index in [1.165, 1.54) is 0 Å².